The minimum Gasteiger partial charge on any atom is -0.370 e. The average molecular weight is 378 g/mol. The summed E-state index contributed by atoms with van der Waals surface area (Å²) in [5.74, 6) is 1.000. The van der Waals surface area contributed by atoms with E-state index >= 15 is 0 Å². The Kier molecular flexibility index (Phi) is 4.10. The molecule has 0 unspecified atom stereocenters. The molecule has 5 rings (SSSR count). The third-order valence-corrected chi connectivity index (χ3v) is 6.35. The van der Waals surface area contributed by atoms with Gasteiger partial charge in [-0.05, 0) is 50.1 Å². The normalized spacial score (nSPS) is 20.4. The van der Waals surface area contributed by atoms with Crippen molar-refractivity contribution in [2.24, 2.45) is 10.7 Å². The maximum Gasteiger partial charge on any atom is 0.133 e. The lowest BCUT2D eigenvalue weighted by atomic mass is 10.0. The van der Waals surface area contributed by atoms with Gasteiger partial charge in [0.05, 0.1) is 26.6 Å². The van der Waals surface area contributed by atoms with Gasteiger partial charge in [-0.1, -0.05) is 6.07 Å². The second-order valence-corrected chi connectivity index (χ2v) is 8.57. The number of amidine groups is 1. The summed E-state index contributed by atoms with van der Waals surface area (Å²) in [6, 6.07) is 6.80. The van der Waals surface area contributed by atoms with Crippen molar-refractivity contribution in [2.45, 2.75) is 25.8 Å². The van der Waals surface area contributed by atoms with Crippen LogP contribution >= 0.6 is 11.3 Å². The smallest absolute Gasteiger partial charge is 0.133 e. The Morgan fingerprint density at radius 2 is 2.04 bits per heavy atom. The van der Waals surface area contributed by atoms with Crippen LogP contribution in [-0.2, 0) is 0 Å². The van der Waals surface area contributed by atoms with Crippen molar-refractivity contribution in [3.63, 3.8) is 0 Å². The van der Waals surface area contributed by atoms with E-state index in [0.29, 0.717) is 6.04 Å². The van der Waals surface area contributed by atoms with Crippen LogP contribution in [0.15, 0.2) is 53.3 Å². The second kappa shape index (κ2) is 6.62. The fourth-order valence-corrected chi connectivity index (χ4v) is 4.66. The first-order valence-corrected chi connectivity index (χ1v) is 10.3. The molecule has 2 N–H and O–H groups in total. The number of rotatable bonds is 2. The summed E-state index contributed by atoms with van der Waals surface area (Å²) in [7, 11) is 0. The topological polar surface area (TPSA) is 57.8 Å². The largest absolute Gasteiger partial charge is 0.370 e. The first-order chi connectivity index (χ1) is 13.2. The van der Waals surface area contributed by atoms with Crippen LogP contribution in [0.5, 0.6) is 0 Å². The zero-order valence-electron chi connectivity index (χ0n) is 15.4. The number of allylic oxidation sites excluding steroid dienone is 1. The summed E-state index contributed by atoms with van der Waals surface area (Å²) in [6.07, 6.45) is 10.9. The number of hydrogen-bond donors (Lipinski definition) is 1. The summed E-state index contributed by atoms with van der Waals surface area (Å²) >= 11 is 1.73. The van der Waals surface area contributed by atoms with Gasteiger partial charge in [-0.25, -0.2) is 9.98 Å². The average Bonchev–Trinajstić information content (AvgIpc) is 3.07. The van der Waals surface area contributed by atoms with Gasteiger partial charge in [-0.2, -0.15) is 0 Å². The molecule has 6 heteroatoms. The van der Waals surface area contributed by atoms with E-state index in [2.05, 4.69) is 64.3 Å². The Morgan fingerprint density at radius 1 is 1.19 bits per heavy atom. The fraction of sp³-hybridized carbons (Fsp3) is 0.333. The lowest BCUT2D eigenvalue weighted by molar-refractivity contribution is 0.267. The van der Waals surface area contributed by atoms with Crippen LogP contribution in [0.2, 0.25) is 0 Å². The molecule has 1 fully saturated rings. The molecule has 138 valence electrons. The van der Waals surface area contributed by atoms with E-state index in [-0.39, 0.29) is 0 Å². The molecule has 1 aromatic heterocycles. The number of thiazole rings is 1. The highest BCUT2D eigenvalue weighted by Crippen LogP contribution is 2.29. The molecule has 1 aromatic carbocycles. The van der Waals surface area contributed by atoms with Crippen LogP contribution in [0.4, 0.5) is 0 Å². The number of aliphatic imine (C=N–C) groups is 1. The molecule has 3 aliphatic heterocycles. The first-order valence-electron chi connectivity index (χ1n) is 9.49. The molecule has 0 bridgehead atoms. The summed E-state index contributed by atoms with van der Waals surface area (Å²) in [6.45, 7) is 4.95. The molecule has 1 saturated heterocycles. The highest BCUT2D eigenvalue weighted by molar-refractivity contribution is 7.18. The summed E-state index contributed by atoms with van der Waals surface area (Å²) in [5.41, 5.74) is 10.5. The van der Waals surface area contributed by atoms with E-state index in [0.717, 1.165) is 60.1 Å². The Bertz CT molecular complexity index is 1000. The summed E-state index contributed by atoms with van der Waals surface area (Å²) < 4.78 is 1.23. The van der Waals surface area contributed by atoms with Crippen LogP contribution in [0.25, 0.3) is 15.9 Å². The molecule has 0 amide bonds. The molecule has 4 heterocycles. The van der Waals surface area contributed by atoms with Gasteiger partial charge in [0.25, 0.3) is 0 Å². The van der Waals surface area contributed by atoms with Gasteiger partial charge < -0.3 is 15.5 Å². The summed E-state index contributed by atoms with van der Waals surface area (Å²) in [4.78, 5) is 14.1. The zero-order valence-corrected chi connectivity index (χ0v) is 16.2. The molecule has 3 aliphatic rings. The molecule has 0 aliphatic carbocycles. The molecule has 0 radical (unpaired) electrons. The number of hydrogen-bond acceptors (Lipinski definition) is 6. The highest BCUT2D eigenvalue weighted by atomic mass is 32.1. The number of nitrogens with zero attached hydrogens (tertiary/aromatic N) is 4. The molecular formula is C21H23N5S. The summed E-state index contributed by atoms with van der Waals surface area (Å²) in [5, 5.41) is 1.10. The van der Waals surface area contributed by atoms with Gasteiger partial charge in [0.1, 0.15) is 5.84 Å². The minimum atomic E-state index is 0.353. The van der Waals surface area contributed by atoms with Crippen molar-refractivity contribution >= 4 is 33.1 Å². The molecular weight excluding hydrogens is 354 g/mol. The number of benzene rings is 1. The molecule has 0 saturated carbocycles. The molecule has 27 heavy (non-hydrogen) atoms. The number of aromatic nitrogens is 1. The van der Waals surface area contributed by atoms with Crippen molar-refractivity contribution in [3.8, 4) is 0 Å². The maximum atomic E-state index is 6.03. The number of aryl methyl sites for hydroxylation is 1. The monoisotopic (exact) mass is 377 g/mol. The van der Waals surface area contributed by atoms with Gasteiger partial charge >= 0.3 is 0 Å². The van der Waals surface area contributed by atoms with Crippen LogP contribution in [-0.4, -0.2) is 46.3 Å². The number of fused-ring (bicyclic) bond motifs is 2. The lowest BCUT2D eigenvalue weighted by Gasteiger charge is -2.36. The number of nitrogens with two attached hydrogens (primary N) is 1. The van der Waals surface area contributed by atoms with Crippen LogP contribution in [0, 0.1) is 6.92 Å². The van der Waals surface area contributed by atoms with Crippen molar-refractivity contribution in [3.05, 3.63) is 58.9 Å². The first kappa shape index (κ1) is 16.7. The van der Waals surface area contributed by atoms with Crippen LogP contribution in [0.3, 0.4) is 0 Å². The van der Waals surface area contributed by atoms with Gasteiger partial charge in [0.15, 0.2) is 0 Å². The molecule has 0 spiro atoms. The number of likely N-dealkylation sites (tertiary alicyclic amines) is 1. The van der Waals surface area contributed by atoms with Crippen molar-refractivity contribution in [2.75, 3.05) is 19.6 Å². The van der Waals surface area contributed by atoms with E-state index < -0.39 is 0 Å². The fourth-order valence-electron chi connectivity index (χ4n) is 3.86. The standard InChI is InChI=1S/C21H23N5S/c1-14-23-19-12-15(2-4-20(19)27-14)18-8-11-26-13-17(3-5-21(26)24-18)25-9-6-16(22)7-10-25/h2-5,8,12-13,16H,6-7,9-11,22H2,1H3. The second-order valence-electron chi connectivity index (χ2n) is 7.34. The zero-order chi connectivity index (χ0) is 18.4. The third-order valence-electron chi connectivity index (χ3n) is 5.40. The number of piperidine rings is 1. The Hall–Kier alpha value is -2.44. The SMILES string of the molecule is Cc1nc2cc(C3=CCN4C=C(N5CCC(N)CC5)C=CC4=N3)ccc2s1. The van der Waals surface area contributed by atoms with Gasteiger partial charge in [-0.15, -0.1) is 11.3 Å². The minimum absolute atomic E-state index is 0.353. The van der Waals surface area contributed by atoms with E-state index in [1.54, 1.807) is 11.3 Å². The van der Waals surface area contributed by atoms with E-state index in [1.807, 2.05) is 0 Å². The van der Waals surface area contributed by atoms with Crippen molar-refractivity contribution in [1.29, 1.82) is 0 Å². The quantitative estimate of drug-likeness (QED) is 0.870. The third kappa shape index (κ3) is 3.19. The molecule has 5 nitrogen and oxygen atoms in total. The lowest BCUT2D eigenvalue weighted by Crippen LogP contribution is -2.40. The Balaban J connectivity index is 1.37. The Labute approximate surface area is 163 Å². The van der Waals surface area contributed by atoms with Gasteiger partial charge in [0, 0.05) is 37.4 Å². The van der Waals surface area contributed by atoms with E-state index in [1.165, 1.54) is 10.4 Å². The van der Waals surface area contributed by atoms with Gasteiger partial charge in [-0.3, -0.25) is 0 Å². The van der Waals surface area contributed by atoms with Crippen LogP contribution in [0.1, 0.15) is 23.4 Å². The molecule has 0 atom stereocenters. The predicted molar refractivity (Wildman–Crippen MR) is 112 cm³/mol. The van der Waals surface area contributed by atoms with Gasteiger partial charge in [0.2, 0.25) is 0 Å². The predicted octanol–water partition coefficient (Wildman–Crippen LogP) is 3.49. The Morgan fingerprint density at radius 3 is 2.89 bits per heavy atom. The van der Waals surface area contributed by atoms with E-state index in [4.69, 9.17) is 10.7 Å². The van der Waals surface area contributed by atoms with Crippen molar-refractivity contribution in [1.82, 2.24) is 14.8 Å². The van der Waals surface area contributed by atoms with E-state index in [9.17, 15) is 0 Å². The van der Waals surface area contributed by atoms with Crippen molar-refractivity contribution < 1.29 is 0 Å². The highest BCUT2D eigenvalue weighted by Gasteiger charge is 2.22. The van der Waals surface area contributed by atoms with Crippen LogP contribution < -0.4 is 5.73 Å². The maximum absolute atomic E-state index is 6.03. The molecule has 2 aromatic rings.